The molecule has 0 bridgehead atoms. The van der Waals surface area contributed by atoms with Crippen molar-refractivity contribution in [3.8, 4) is 0 Å². The minimum absolute atomic E-state index is 0.0226. The zero-order chi connectivity index (χ0) is 16.7. The summed E-state index contributed by atoms with van der Waals surface area (Å²) in [6, 6.07) is 17.5. The van der Waals surface area contributed by atoms with E-state index in [4.69, 9.17) is 16.3 Å². The van der Waals surface area contributed by atoms with E-state index in [-0.39, 0.29) is 11.7 Å². The van der Waals surface area contributed by atoms with Gasteiger partial charge in [-0.15, -0.1) is 0 Å². The minimum atomic E-state index is -0.118. The molecule has 1 heterocycles. The Hall–Kier alpha value is -1.35. The Morgan fingerprint density at radius 1 is 1.00 bits per heavy atom. The molecule has 0 N–H and O–H groups in total. The smallest absolute Gasteiger partial charge is 0.109 e. The summed E-state index contributed by atoms with van der Waals surface area (Å²) in [6.45, 7) is 0. The van der Waals surface area contributed by atoms with Crippen LogP contribution in [-0.2, 0) is 10.3 Å². The first kappa shape index (κ1) is 16.1. The Bertz CT molecular complexity index is 717. The molecule has 2 nitrogen and oxygen atoms in total. The van der Waals surface area contributed by atoms with Gasteiger partial charge in [0.1, 0.15) is 6.10 Å². The van der Waals surface area contributed by atoms with Gasteiger partial charge in [0.05, 0.1) is 5.60 Å². The van der Waals surface area contributed by atoms with Crippen molar-refractivity contribution in [2.24, 2.45) is 0 Å². The maximum Gasteiger partial charge on any atom is 0.109 e. The van der Waals surface area contributed by atoms with Gasteiger partial charge in [0, 0.05) is 11.1 Å². The topological polar surface area (TPSA) is 12.5 Å². The zero-order valence-corrected chi connectivity index (χ0v) is 15.1. The van der Waals surface area contributed by atoms with E-state index in [0.717, 1.165) is 17.9 Å². The number of rotatable bonds is 2. The quantitative estimate of drug-likeness (QED) is 0.748. The number of fused-ring (bicyclic) bond motifs is 2. The van der Waals surface area contributed by atoms with Crippen LogP contribution >= 0.6 is 11.6 Å². The Balaban J connectivity index is 1.68. The molecule has 0 unspecified atom stereocenters. The fraction of sp³-hybridized carbons (Fsp3) is 0.429. The molecule has 4 rings (SSSR count). The number of nitrogens with zero attached hydrogens (tertiary/aromatic N) is 1. The fourth-order valence-corrected chi connectivity index (χ4v) is 4.48. The number of ether oxygens (including phenoxy) is 1. The van der Waals surface area contributed by atoms with Crippen LogP contribution in [0.4, 0.5) is 0 Å². The highest BCUT2D eigenvalue weighted by Crippen LogP contribution is 2.53. The molecular formula is C21H24ClNO. The first-order chi connectivity index (χ1) is 11.6. The lowest BCUT2D eigenvalue weighted by atomic mass is 9.77. The lowest BCUT2D eigenvalue weighted by Gasteiger charge is -2.40. The molecule has 1 saturated carbocycles. The summed E-state index contributed by atoms with van der Waals surface area (Å²) in [5.74, 6) is 0. The molecule has 126 valence electrons. The van der Waals surface area contributed by atoms with Crippen molar-refractivity contribution in [3.05, 3.63) is 70.2 Å². The third-order valence-electron chi connectivity index (χ3n) is 5.74. The van der Waals surface area contributed by atoms with Gasteiger partial charge in [0.15, 0.2) is 0 Å². The molecule has 1 aliphatic heterocycles. The molecule has 3 heteroatoms. The van der Waals surface area contributed by atoms with Gasteiger partial charge in [-0.3, -0.25) is 0 Å². The first-order valence-electron chi connectivity index (χ1n) is 8.78. The largest absolute Gasteiger partial charge is 0.358 e. The number of halogens is 1. The fourth-order valence-electron chi connectivity index (χ4n) is 4.35. The van der Waals surface area contributed by atoms with E-state index < -0.39 is 0 Å². The molecule has 2 aromatic carbocycles. The van der Waals surface area contributed by atoms with E-state index in [2.05, 4.69) is 55.4 Å². The van der Waals surface area contributed by atoms with Gasteiger partial charge in [0.2, 0.25) is 0 Å². The van der Waals surface area contributed by atoms with E-state index in [1.165, 1.54) is 29.5 Å². The van der Waals surface area contributed by atoms with Crippen molar-refractivity contribution in [3.63, 3.8) is 0 Å². The molecule has 2 aliphatic rings. The van der Waals surface area contributed by atoms with Gasteiger partial charge >= 0.3 is 0 Å². The summed E-state index contributed by atoms with van der Waals surface area (Å²) in [7, 11) is 4.37. The summed E-state index contributed by atoms with van der Waals surface area (Å²) in [5, 5.41) is 0.770. The molecule has 0 aromatic heterocycles. The average molecular weight is 342 g/mol. The first-order valence-corrected chi connectivity index (χ1v) is 9.16. The highest BCUT2D eigenvalue weighted by molar-refractivity contribution is 6.30. The second kappa shape index (κ2) is 6.18. The van der Waals surface area contributed by atoms with Crippen molar-refractivity contribution in [1.29, 1.82) is 0 Å². The van der Waals surface area contributed by atoms with E-state index in [1.54, 1.807) is 0 Å². The molecule has 1 atom stereocenters. The standard InChI is InChI=1S/C21H24ClNO/c1-23(2)17-11-13-21(14-12-17)19-6-4-3-5-18(19)20(24-21)15-7-9-16(22)10-8-15/h3-10,17,20H,11-14H2,1-2H3/t17?,20-,21?/m1/s1. The number of hydrogen-bond donors (Lipinski definition) is 0. The van der Waals surface area contributed by atoms with E-state index in [0.29, 0.717) is 6.04 Å². The van der Waals surface area contributed by atoms with Crippen LogP contribution in [0.1, 0.15) is 48.5 Å². The van der Waals surface area contributed by atoms with Crippen LogP contribution in [-0.4, -0.2) is 25.0 Å². The van der Waals surface area contributed by atoms with Gasteiger partial charge in [-0.25, -0.2) is 0 Å². The SMILES string of the molecule is CN(C)C1CCC2(CC1)O[C@H](c1ccc(Cl)cc1)c1ccccc12. The second-order valence-electron chi connectivity index (χ2n) is 7.33. The Morgan fingerprint density at radius 2 is 1.67 bits per heavy atom. The van der Waals surface area contributed by atoms with Crippen LogP contribution in [0.3, 0.4) is 0 Å². The minimum Gasteiger partial charge on any atom is -0.358 e. The van der Waals surface area contributed by atoms with Crippen molar-refractivity contribution in [2.45, 2.75) is 43.4 Å². The van der Waals surface area contributed by atoms with Crippen LogP contribution in [0.5, 0.6) is 0 Å². The lowest BCUT2D eigenvalue weighted by Crippen LogP contribution is -2.39. The van der Waals surface area contributed by atoms with Gasteiger partial charge in [-0.2, -0.15) is 0 Å². The lowest BCUT2D eigenvalue weighted by molar-refractivity contribution is -0.0931. The summed E-state index contributed by atoms with van der Waals surface area (Å²) >= 11 is 6.06. The molecule has 24 heavy (non-hydrogen) atoms. The van der Waals surface area contributed by atoms with Crippen LogP contribution in [0.2, 0.25) is 5.02 Å². The molecule has 0 saturated heterocycles. The summed E-state index contributed by atoms with van der Waals surface area (Å²) in [5.41, 5.74) is 3.79. The van der Waals surface area contributed by atoms with Gasteiger partial charge in [-0.1, -0.05) is 48.0 Å². The van der Waals surface area contributed by atoms with Gasteiger partial charge in [0.25, 0.3) is 0 Å². The summed E-state index contributed by atoms with van der Waals surface area (Å²) in [4.78, 5) is 2.35. The predicted molar refractivity (Wildman–Crippen MR) is 98.4 cm³/mol. The van der Waals surface area contributed by atoms with Crippen LogP contribution in [0, 0.1) is 0 Å². The molecule has 0 radical (unpaired) electrons. The van der Waals surface area contributed by atoms with E-state index in [1.807, 2.05) is 12.1 Å². The van der Waals surface area contributed by atoms with Crippen LogP contribution < -0.4 is 0 Å². The average Bonchev–Trinajstić information content (AvgIpc) is 2.91. The zero-order valence-electron chi connectivity index (χ0n) is 14.3. The number of benzene rings is 2. The molecular weight excluding hydrogens is 318 g/mol. The molecule has 1 fully saturated rings. The van der Waals surface area contributed by atoms with Crippen molar-refractivity contribution in [1.82, 2.24) is 4.90 Å². The van der Waals surface area contributed by atoms with Gasteiger partial charge in [-0.05, 0) is 68.6 Å². The monoisotopic (exact) mass is 341 g/mol. The van der Waals surface area contributed by atoms with Crippen molar-refractivity contribution >= 4 is 11.6 Å². The van der Waals surface area contributed by atoms with Crippen LogP contribution in [0.15, 0.2) is 48.5 Å². The Labute approximate surface area is 149 Å². The highest BCUT2D eigenvalue weighted by Gasteiger charge is 2.47. The molecule has 1 spiro atoms. The van der Waals surface area contributed by atoms with Crippen LogP contribution in [0.25, 0.3) is 0 Å². The normalized spacial score (nSPS) is 29.2. The molecule has 1 aliphatic carbocycles. The number of hydrogen-bond acceptors (Lipinski definition) is 2. The predicted octanol–water partition coefficient (Wildman–Crippen LogP) is 5.16. The third kappa shape index (κ3) is 2.67. The Morgan fingerprint density at radius 3 is 2.33 bits per heavy atom. The third-order valence-corrected chi connectivity index (χ3v) is 6.00. The van der Waals surface area contributed by atoms with Gasteiger partial charge < -0.3 is 9.64 Å². The van der Waals surface area contributed by atoms with E-state index in [9.17, 15) is 0 Å². The molecule has 2 aromatic rings. The highest BCUT2D eigenvalue weighted by atomic mass is 35.5. The van der Waals surface area contributed by atoms with Crippen molar-refractivity contribution < 1.29 is 4.74 Å². The Kier molecular flexibility index (Phi) is 4.16. The van der Waals surface area contributed by atoms with E-state index >= 15 is 0 Å². The summed E-state index contributed by atoms with van der Waals surface area (Å²) in [6.07, 6.45) is 4.59. The maximum absolute atomic E-state index is 6.75. The summed E-state index contributed by atoms with van der Waals surface area (Å²) < 4.78 is 6.75. The maximum atomic E-state index is 6.75. The second-order valence-corrected chi connectivity index (χ2v) is 7.76. The molecule has 0 amide bonds. The van der Waals surface area contributed by atoms with Crippen molar-refractivity contribution in [2.75, 3.05) is 14.1 Å².